The van der Waals surface area contributed by atoms with Gasteiger partial charge in [-0.3, -0.25) is 0 Å². The molecule has 3 unspecified atom stereocenters. The van der Waals surface area contributed by atoms with Crippen molar-refractivity contribution < 1.29 is 0 Å². The minimum Gasteiger partial charge on any atom is -0.0599 e. The first-order valence-electron chi connectivity index (χ1n) is 4.74. The molecule has 0 heteroatoms. The average molecular weight is 152 g/mol. The lowest BCUT2D eigenvalue weighted by atomic mass is 9.73. The van der Waals surface area contributed by atoms with E-state index in [1.807, 2.05) is 0 Å². The van der Waals surface area contributed by atoms with Crippen LogP contribution in [0.1, 0.15) is 41.5 Å². The Balaban J connectivity index is 2.12. The monoisotopic (exact) mass is 152 g/mol. The fraction of sp³-hybridized carbons (Fsp3) is 1.00. The van der Waals surface area contributed by atoms with Crippen LogP contribution in [0.2, 0.25) is 0 Å². The van der Waals surface area contributed by atoms with E-state index in [0.717, 1.165) is 11.8 Å². The van der Waals surface area contributed by atoms with Crippen LogP contribution in [0.3, 0.4) is 0 Å². The van der Waals surface area contributed by atoms with E-state index in [0.29, 0.717) is 16.2 Å². The Kier molecular flexibility index (Phi) is 0.977. The fourth-order valence-electron chi connectivity index (χ4n) is 3.69. The highest BCUT2D eigenvalue weighted by molar-refractivity contribution is 5.36. The summed E-state index contributed by atoms with van der Waals surface area (Å²) < 4.78 is 0. The summed E-state index contributed by atoms with van der Waals surface area (Å²) in [5, 5.41) is 0. The fourth-order valence-corrected chi connectivity index (χ4v) is 3.69. The van der Waals surface area contributed by atoms with Gasteiger partial charge in [-0.1, -0.05) is 41.5 Å². The lowest BCUT2D eigenvalue weighted by Gasteiger charge is -2.32. The van der Waals surface area contributed by atoms with Gasteiger partial charge in [0.25, 0.3) is 0 Å². The van der Waals surface area contributed by atoms with Crippen LogP contribution < -0.4 is 0 Å². The maximum absolute atomic E-state index is 2.47. The summed E-state index contributed by atoms with van der Waals surface area (Å²) in [5.74, 6) is 2.04. The molecule has 2 saturated carbocycles. The molecular weight excluding hydrogens is 132 g/mol. The van der Waals surface area contributed by atoms with Gasteiger partial charge in [-0.15, -0.1) is 0 Å². The van der Waals surface area contributed by atoms with Crippen molar-refractivity contribution in [2.75, 3.05) is 0 Å². The summed E-state index contributed by atoms with van der Waals surface area (Å²) in [6.45, 7) is 14.4. The lowest BCUT2D eigenvalue weighted by Crippen LogP contribution is -2.25. The molecule has 0 saturated heterocycles. The molecule has 2 fully saturated rings. The Labute approximate surface area is 70.4 Å². The summed E-state index contributed by atoms with van der Waals surface area (Å²) in [4.78, 5) is 0. The van der Waals surface area contributed by atoms with Gasteiger partial charge >= 0.3 is 0 Å². The van der Waals surface area contributed by atoms with E-state index in [-0.39, 0.29) is 0 Å². The summed E-state index contributed by atoms with van der Waals surface area (Å²) in [7, 11) is 0. The molecule has 0 heterocycles. The zero-order chi connectivity index (χ0) is 8.65. The van der Waals surface area contributed by atoms with Crippen LogP contribution >= 0.6 is 0 Å². The molecule has 3 atom stereocenters. The molecule has 0 N–H and O–H groups in total. The van der Waals surface area contributed by atoms with E-state index < -0.39 is 0 Å². The van der Waals surface area contributed by atoms with E-state index in [9.17, 15) is 0 Å². The Bertz CT molecular complexity index is 207. The second-order valence-electron chi connectivity index (χ2n) is 6.33. The molecule has 2 rings (SSSR count). The van der Waals surface area contributed by atoms with Crippen molar-refractivity contribution in [3.8, 4) is 0 Å². The van der Waals surface area contributed by atoms with Crippen molar-refractivity contribution in [3.05, 3.63) is 0 Å². The highest BCUT2D eigenvalue weighted by atomic mass is 14.9. The number of hydrogen-bond acceptors (Lipinski definition) is 0. The first-order chi connectivity index (χ1) is 4.74. The van der Waals surface area contributed by atoms with Gasteiger partial charge in [0.2, 0.25) is 0 Å². The quantitative estimate of drug-likeness (QED) is 0.499. The Morgan fingerprint density at radius 1 is 1.00 bits per heavy atom. The van der Waals surface area contributed by atoms with E-state index in [4.69, 9.17) is 0 Å². The predicted octanol–water partition coefficient (Wildman–Crippen LogP) is 3.32. The number of rotatable bonds is 0. The zero-order valence-corrected chi connectivity index (χ0v) is 8.65. The molecular formula is C11H20. The van der Waals surface area contributed by atoms with Crippen molar-refractivity contribution in [2.45, 2.75) is 41.5 Å². The average Bonchev–Trinajstić information content (AvgIpc) is 2.48. The van der Waals surface area contributed by atoms with Crippen molar-refractivity contribution in [1.82, 2.24) is 0 Å². The van der Waals surface area contributed by atoms with E-state index >= 15 is 0 Å². The van der Waals surface area contributed by atoms with Crippen molar-refractivity contribution in [1.29, 1.82) is 0 Å². The SMILES string of the molecule is CC(C)(C)C1C2C(C)(C)C12C. The van der Waals surface area contributed by atoms with Gasteiger partial charge < -0.3 is 0 Å². The molecule has 11 heavy (non-hydrogen) atoms. The molecule has 0 aromatic heterocycles. The zero-order valence-electron chi connectivity index (χ0n) is 8.65. The standard InChI is InChI=1S/C11H20/c1-9(2,3)7-8-10(4,5)11(7,8)6/h7-8H,1-6H3. The molecule has 64 valence electrons. The van der Waals surface area contributed by atoms with Crippen molar-refractivity contribution >= 4 is 0 Å². The van der Waals surface area contributed by atoms with Crippen LogP contribution in [-0.4, -0.2) is 0 Å². The second-order valence-corrected chi connectivity index (χ2v) is 6.33. The Morgan fingerprint density at radius 2 is 1.36 bits per heavy atom. The second kappa shape index (κ2) is 1.41. The van der Waals surface area contributed by atoms with Crippen molar-refractivity contribution in [3.63, 3.8) is 0 Å². The smallest absolute Gasteiger partial charge is 0.0199 e. The molecule has 2 aliphatic rings. The van der Waals surface area contributed by atoms with Gasteiger partial charge in [-0.25, -0.2) is 0 Å². The molecule has 0 bridgehead atoms. The molecule has 0 aromatic carbocycles. The molecule has 0 aliphatic heterocycles. The topological polar surface area (TPSA) is 0 Å². The maximum atomic E-state index is 2.47. The molecule has 0 amide bonds. The van der Waals surface area contributed by atoms with Gasteiger partial charge in [0, 0.05) is 0 Å². The highest BCUT2D eigenvalue weighted by Crippen LogP contribution is 2.93. The highest BCUT2D eigenvalue weighted by Gasteiger charge is 2.89. The first-order valence-corrected chi connectivity index (χ1v) is 4.74. The molecule has 0 nitrogen and oxygen atoms in total. The third-order valence-electron chi connectivity index (χ3n) is 4.53. The summed E-state index contributed by atoms with van der Waals surface area (Å²) in [6.07, 6.45) is 0. The maximum Gasteiger partial charge on any atom is -0.0199 e. The number of hydrogen-bond donors (Lipinski definition) is 0. The normalized spacial score (nSPS) is 51.8. The molecule has 0 radical (unpaired) electrons. The van der Waals surface area contributed by atoms with Crippen LogP contribution in [-0.2, 0) is 0 Å². The van der Waals surface area contributed by atoms with Gasteiger partial charge in [-0.2, -0.15) is 0 Å². The van der Waals surface area contributed by atoms with Crippen LogP contribution in [0.4, 0.5) is 0 Å². The van der Waals surface area contributed by atoms with Gasteiger partial charge in [0.1, 0.15) is 0 Å². The summed E-state index contributed by atoms with van der Waals surface area (Å²) in [5.41, 5.74) is 1.94. The third kappa shape index (κ3) is 0.588. The van der Waals surface area contributed by atoms with Crippen LogP contribution in [0.15, 0.2) is 0 Å². The third-order valence-corrected chi connectivity index (χ3v) is 4.53. The van der Waals surface area contributed by atoms with Crippen LogP contribution in [0.5, 0.6) is 0 Å². The van der Waals surface area contributed by atoms with Gasteiger partial charge in [0.05, 0.1) is 0 Å². The van der Waals surface area contributed by atoms with Crippen molar-refractivity contribution in [2.24, 2.45) is 28.1 Å². The van der Waals surface area contributed by atoms with E-state index in [1.54, 1.807) is 0 Å². The van der Waals surface area contributed by atoms with Gasteiger partial charge in [-0.05, 0) is 28.1 Å². The van der Waals surface area contributed by atoms with Gasteiger partial charge in [0.15, 0.2) is 0 Å². The minimum atomic E-state index is 0.551. The number of fused-ring (bicyclic) bond motifs is 1. The first kappa shape index (κ1) is 7.64. The summed E-state index contributed by atoms with van der Waals surface area (Å²) >= 11 is 0. The van der Waals surface area contributed by atoms with Crippen LogP contribution in [0, 0.1) is 28.1 Å². The molecule has 0 spiro atoms. The van der Waals surface area contributed by atoms with E-state index in [2.05, 4.69) is 41.5 Å². The predicted molar refractivity (Wildman–Crippen MR) is 48.3 cm³/mol. The Morgan fingerprint density at radius 3 is 1.45 bits per heavy atom. The summed E-state index contributed by atoms with van der Waals surface area (Å²) in [6, 6.07) is 0. The largest absolute Gasteiger partial charge is 0.0599 e. The molecule has 2 aliphatic carbocycles. The minimum absolute atomic E-state index is 0.551. The Hall–Kier alpha value is 0. The van der Waals surface area contributed by atoms with E-state index in [1.165, 1.54) is 0 Å². The van der Waals surface area contributed by atoms with Crippen LogP contribution in [0.25, 0.3) is 0 Å². The lowest BCUT2D eigenvalue weighted by molar-refractivity contribution is 0.166. The molecule has 0 aromatic rings.